The zero-order valence-corrected chi connectivity index (χ0v) is 17.2. The molecule has 1 saturated heterocycles. The first-order valence-electron chi connectivity index (χ1n) is 9.25. The number of pyridine rings is 1. The number of nitrogens with one attached hydrogen (secondary N) is 1. The zero-order valence-electron chi connectivity index (χ0n) is 15.6. The van der Waals surface area contributed by atoms with Gasteiger partial charge < -0.3 is 5.32 Å². The van der Waals surface area contributed by atoms with Gasteiger partial charge in [0.15, 0.2) is 0 Å². The molecule has 0 aliphatic carbocycles. The van der Waals surface area contributed by atoms with Gasteiger partial charge in [-0.1, -0.05) is 12.1 Å². The van der Waals surface area contributed by atoms with E-state index in [9.17, 15) is 4.79 Å². The molecule has 6 heteroatoms. The molecule has 1 unspecified atom stereocenters. The number of aryl methyl sites for hydroxylation is 1. The molecular weight excluding hydrogens is 374 g/mol. The number of likely N-dealkylation sites (tertiary alicyclic amines) is 1. The fourth-order valence-corrected chi connectivity index (χ4v) is 5.40. The van der Waals surface area contributed by atoms with Crippen molar-refractivity contribution < 1.29 is 4.79 Å². The Morgan fingerprint density at radius 2 is 2.00 bits per heavy atom. The molecule has 1 amide bonds. The predicted molar refractivity (Wildman–Crippen MR) is 113 cm³/mol. The molecule has 1 aliphatic heterocycles. The molecular formula is C21H23N3OS2. The molecule has 0 bridgehead atoms. The lowest BCUT2D eigenvalue weighted by molar-refractivity contribution is 0.103. The number of hydrogen-bond donors (Lipinski definition) is 1. The van der Waals surface area contributed by atoms with E-state index in [0.29, 0.717) is 0 Å². The smallest absolute Gasteiger partial charge is 0.266 e. The molecule has 140 valence electrons. The summed E-state index contributed by atoms with van der Waals surface area (Å²) in [5.41, 5.74) is 3.50. The van der Waals surface area contributed by atoms with E-state index in [0.717, 1.165) is 28.7 Å². The van der Waals surface area contributed by atoms with Gasteiger partial charge in [0.1, 0.15) is 5.00 Å². The highest BCUT2D eigenvalue weighted by atomic mass is 32.1. The molecule has 27 heavy (non-hydrogen) atoms. The number of hydrogen-bond acceptors (Lipinski definition) is 5. The topological polar surface area (TPSA) is 45.2 Å². The van der Waals surface area contributed by atoms with Crippen LogP contribution in [0.4, 0.5) is 5.00 Å². The molecule has 0 radical (unpaired) electrons. The van der Waals surface area contributed by atoms with Gasteiger partial charge in [-0.3, -0.25) is 14.7 Å². The van der Waals surface area contributed by atoms with E-state index >= 15 is 0 Å². The molecule has 4 rings (SSSR count). The van der Waals surface area contributed by atoms with Crippen LogP contribution < -0.4 is 5.32 Å². The minimum atomic E-state index is -0.0336. The first kappa shape index (κ1) is 18.3. The van der Waals surface area contributed by atoms with Gasteiger partial charge in [0.2, 0.25) is 0 Å². The molecule has 1 N–H and O–H groups in total. The van der Waals surface area contributed by atoms with Crippen molar-refractivity contribution in [2.24, 2.45) is 0 Å². The number of anilines is 1. The highest BCUT2D eigenvalue weighted by Gasteiger charge is 2.31. The summed E-state index contributed by atoms with van der Waals surface area (Å²) in [5, 5.41) is 6.07. The van der Waals surface area contributed by atoms with E-state index in [2.05, 4.69) is 35.1 Å². The third kappa shape index (κ3) is 3.70. The summed E-state index contributed by atoms with van der Waals surface area (Å²) in [6.45, 7) is 6.42. The van der Waals surface area contributed by atoms with Gasteiger partial charge in [-0.05, 0) is 68.9 Å². The number of carbonyl (C=O) groups is 1. The lowest BCUT2D eigenvalue weighted by atomic mass is 9.99. The maximum absolute atomic E-state index is 12.7. The monoisotopic (exact) mass is 397 g/mol. The van der Waals surface area contributed by atoms with Crippen molar-refractivity contribution >= 4 is 33.6 Å². The Hall–Kier alpha value is -2.02. The van der Waals surface area contributed by atoms with Crippen LogP contribution in [0.2, 0.25) is 0 Å². The molecule has 1 fully saturated rings. The van der Waals surface area contributed by atoms with Gasteiger partial charge in [0, 0.05) is 16.6 Å². The van der Waals surface area contributed by atoms with E-state index in [1.54, 1.807) is 11.3 Å². The van der Waals surface area contributed by atoms with E-state index in [4.69, 9.17) is 0 Å². The molecule has 4 heterocycles. The van der Waals surface area contributed by atoms with Gasteiger partial charge in [0.25, 0.3) is 5.91 Å². The number of aromatic nitrogens is 1. The van der Waals surface area contributed by atoms with E-state index < -0.39 is 0 Å². The standard InChI is InChI=1S/C21H23N3OS2/c1-14-15(2)27-21(23-20(25)17-9-7-13-26-17)18(14)19(24-11-5-6-12-24)16-8-3-4-10-22-16/h3-4,7-10,13,19H,5-6,11-12H2,1-2H3,(H,23,25). The highest BCUT2D eigenvalue weighted by Crippen LogP contribution is 2.42. The van der Waals surface area contributed by atoms with E-state index in [-0.39, 0.29) is 11.9 Å². The SMILES string of the molecule is Cc1sc(NC(=O)c2cccs2)c(C(c2ccccn2)N2CCCC2)c1C. The Labute approximate surface area is 167 Å². The quantitative estimate of drug-likeness (QED) is 0.639. The molecule has 0 spiro atoms. The fourth-order valence-electron chi connectivity index (χ4n) is 3.69. The summed E-state index contributed by atoms with van der Waals surface area (Å²) in [5.74, 6) is -0.0336. The molecule has 1 atom stereocenters. The van der Waals surface area contributed by atoms with Crippen LogP contribution in [0.25, 0.3) is 0 Å². The minimum absolute atomic E-state index is 0.0336. The van der Waals surface area contributed by atoms with Gasteiger partial charge in [-0.2, -0.15) is 0 Å². The number of thiophene rings is 2. The molecule has 0 saturated carbocycles. The zero-order chi connectivity index (χ0) is 18.8. The third-order valence-electron chi connectivity index (χ3n) is 5.15. The lowest BCUT2D eigenvalue weighted by Gasteiger charge is -2.28. The van der Waals surface area contributed by atoms with Crippen LogP contribution in [0.1, 0.15) is 50.3 Å². The van der Waals surface area contributed by atoms with E-state index in [1.807, 2.05) is 35.8 Å². The largest absolute Gasteiger partial charge is 0.313 e. The maximum atomic E-state index is 12.7. The predicted octanol–water partition coefficient (Wildman–Crippen LogP) is 5.26. The molecule has 4 nitrogen and oxygen atoms in total. The number of amides is 1. The second-order valence-electron chi connectivity index (χ2n) is 6.86. The summed E-state index contributed by atoms with van der Waals surface area (Å²) in [7, 11) is 0. The van der Waals surface area contributed by atoms with E-state index in [1.165, 1.54) is 40.2 Å². The molecule has 1 aliphatic rings. The lowest BCUT2D eigenvalue weighted by Crippen LogP contribution is -2.28. The Kier molecular flexibility index (Phi) is 5.38. The Bertz CT molecular complexity index is 913. The molecule has 3 aromatic heterocycles. The maximum Gasteiger partial charge on any atom is 0.266 e. The van der Waals surface area contributed by atoms with Gasteiger partial charge in [-0.25, -0.2) is 0 Å². The number of carbonyl (C=O) groups excluding carboxylic acids is 1. The van der Waals surface area contributed by atoms with Gasteiger partial charge in [-0.15, -0.1) is 22.7 Å². The molecule has 0 aromatic carbocycles. The summed E-state index contributed by atoms with van der Waals surface area (Å²) in [6, 6.07) is 9.95. The fraction of sp³-hybridized carbons (Fsp3) is 0.333. The van der Waals surface area contributed by atoms with Crippen molar-refractivity contribution in [1.29, 1.82) is 0 Å². The summed E-state index contributed by atoms with van der Waals surface area (Å²) in [6.07, 6.45) is 4.28. The average Bonchev–Trinajstić information content (AvgIpc) is 3.42. The van der Waals surface area contributed by atoms with Crippen LogP contribution in [0, 0.1) is 13.8 Å². The van der Waals surface area contributed by atoms with Crippen molar-refractivity contribution in [3.05, 3.63) is 68.5 Å². The normalized spacial score (nSPS) is 15.8. The first-order chi connectivity index (χ1) is 13.1. The second-order valence-corrected chi connectivity index (χ2v) is 9.03. The van der Waals surface area contributed by atoms with Crippen LogP contribution >= 0.6 is 22.7 Å². The Morgan fingerprint density at radius 1 is 1.19 bits per heavy atom. The third-order valence-corrected chi connectivity index (χ3v) is 7.16. The second kappa shape index (κ2) is 7.92. The summed E-state index contributed by atoms with van der Waals surface area (Å²) in [4.78, 5) is 21.9. The van der Waals surface area contributed by atoms with Crippen LogP contribution in [-0.4, -0.2) is 28.9 Å². The van der Waals surface area contributed by atoms with Crippen LogP contribution in [0.5, 0.6) is 0 Å². The van der Waals surface area contributed by atoms with Crippen LogP contribution in [0.3, 0.4) is 0 Å². The average molecular weight is 398 g/mol. The minimum Gasteiger partial charge on any atom is -0.313 e. The van der Waals surface area contributed by atoms with Crippen LogP contribution in [0.15, 0.2) is 41.9 Å². The Morgan fingerprint density at radius 3 is 2.67 bits per heavy atom. The van der Waals surface area contributed by atoms with Crippen molar-refractivity contribution in [2.75, 3.05) is 18.4 Å². The van der Waals surface area contributed by atoms with Crippen molar-refractivity contribution in [3.8, 4) is 0 Å². The first-order valence-corrected chi connectivity index (χ1v) is 10.9. The van der Waals surface area contributed by atoms with Crippen molar-refractivity contribution in [3.63, 3.8) is 0 Å². The van der Waals surface area contributed by atoms with Gasteiger partial charge in [0.05, 0.1) is 16.6 Å². The number of rotatable bonds is 5. The van der Waals surface area contributed by atoms with Crippen molar-refractivity contribution in [2.45, 2.75) is 32.7 Å². The van der Waals surface area contributed by atoms with Gasteiger partial charge >= 0.3 is 0 Å². The number of nitrogens with zero attached hydrogens (tertiary/aromatic N) is 2. The highest BCUT2D eigenvalue weighted by molar-refractivity contribution is 7.17. The summed E-state index contributed by atoms with van der Waals surface area (Å²) >= 11 is 3.13. The Balaban J connectivity index is 1.76. The van der Waals surface area contributed by atoms with Crippen LogP contribution in [-0.2, 0) is 0 Å². The van der Waals surface area contributed by atoms with Crippen molar-refractivity contribution in [1.82, 2.24) is 9.88 Å². The molecule has 3 aromatic rings. The summed E-state index contributed by atoms with van der Waals surface area (Å²) < 4.78 is 0.